The van der Waals surface area contributed by atoms with Gasteiger partial charge in [-0.1, -0.05) is 0 Å². The molecule has 1 fully saturated rings. The molecule has 0 aromatic heterocycles. The first kappa shape index (κ1) is 11.6. The average Bonchev–Trinajstić information content (AvgIpc) is 2.41. The molecule has 3 heteroatoms. The Hall–Kier alpha value is -1.22. The second kappa shape index (κ2) is 4.41. The molecule has 0 unspecified atom stereocenters. The minimum absolute atomic E-state index is 0.628. The van der Waals surface area contributed by atoms with Gasteiger partial charge < -0.3 is 14.8 Å². The molecular weight excluding hydrogens is 238 g/mol. The molecule has 102 valence electrons. The molecule has 0 saturated carbocycles. The smallest absolute Gasteiger partial charge is 0.126 e. The van der Waals surface area contributed by atoms with Crippen molar-refractivity contribution in [2.45, 2.75) is 38.5 Å². The largest absolute Gasteiger partial charge is 0.493 e. The predicted octanol–water partition coefficient (Wildman–Crippen LogP) is 2.33. The average molecular weight is 259 g/mol. The van der Waals surface area contributed by atoms with Gasteiger partial charge in [-0.3, -0.25) is 0 Å². The van der Waals surface area contributed by atoms with E-state index < -0.39 is 0 Å². The number of fused-ring (bicyclic) bond motifs is 2. The molecule has 3 aliphatic rings. The van der Waals surface area contributed by atoms with E-state index in [1.807, 2.05) is 0 Å². The van der Waals surface area contributed by atoms with Gasteiger partial charge in [0.1, 0.15) is 11.5 Å². The number of benzene rings is 1. The van der Waals surface area contributed by atoms with Crippen molar-refractivity contribution in [3.63, 3.8) is 0 Å². The number of nitrogens with one attached hydrogen (secondary N) is 1. The zero-order chi connectivity index (χ0) is 12.8. The molecule has 3 heterocycles. The van der Waals surface area contributed by atoms with E-state index in [1.165, 1.54) is 33.8 Å². The molecule has 0 amide bonds. The van der Waals surface area contributed by atoms with Gasteiger partial charge in [-0.15, -0.1) is 0 Å². The fourth-order valence-corrected chi connectivity index (χ4v) is 3.64. The summed E-state index contributed by atoms with van der Waals surface area (Å²) in [6.45, 7) is 6.13. The van der Waals surface area contributed by atoms with Crippen LogP contribution in [0.25, 0.3) is 0 Å². The molecule has 1 N–H and O–H groups in total. The Morgan fingerprint density at radius 3 is 2.32 bits per heavy atom. The molecule has 1 aromatic rings. The highest BCUT2D eigenvalue weighted by molar-refractivity contribution is 5.61. The third-order valence-electron chi connectivity index (χ3n) is 4.74. The van der Waals surface area contributed by atoms with E-state index in [0.29, 0.717) is 5.92 Å². The maximum Gasteiger partial charge on any atom is 0.126 e. The van der Waals surface area contributed by atoms with Crippen LogP contribution in [0.3, 0.4) is 0 Å². The van der Waals surface area contributed by atoms with Gasteiger partial charge in [-0.2, -0.15) is 0 Å². The van der Waals surface area contributed by atoms with Crippen LogP contribution in [-0.2, 0) is 12.8 Å². The van der Waals surface area contributed by atoms with Gasteiger partial charge in [0.2, 0.25) is 0 Å². The van der Waals surface area contributed by atoms with Gasteiger partial charge in [-0.25, -0.2) is 0 Å². The van der Waals surface area contributed by atoms with E-state index in [1.54, 1.807) is 0 Å². The minimum atomic E-state index is 0.628. The highest BCUT2D eigenvalue weighted by Crippen LogP contribution is 2.46. The molecule has 1 aromatic carbocycles. The fourth-order valence-electron chi connectivity index (χ4n) is 3.64. The first-order valence-corrected chi connectivity index (χ1v) is 7.50. The fraction of sp³-hybridized carbons (Fsp3) is 0.625. The summed E-state index contributed by atoms with van der Waals surface area (Å²) in [7, 11) is 0. The summed E-state index contributed by atoms with van der Waals surface area (Å²) >= 11 is 0. The van der Waals surface area contributed by atoms with Gasteiger partial charge in [0, 0.05) is 35.7 Å². The van der Waals surface area contributed by atoms with E-state index in [4.69, 9.17) is 9.47 Å². The van der Waals surface area contributed by atoms with E-state index >= 15 is 0 Å². The van der Waals surface area contributed by atoms with Gasteiger partial charge in [0.05, 0.1) is 13.2 Å². The molecule has 3 aliphatic heterocycles. The summed E-state index contributed by atoms with van der Waals surface area (Å²) in [5.41, 5.74) is 5.65. The van der Waals surface area contributed by atoms with Gasteiger partial charge in [-0.05, 0) is 38.2 Å². The first-order chi connectivity index (χ1) is 9.36. The van der Waals surface area contributed by atoms with E-state index in [0.717, 1.165) is 52.0 Å². The van der Waals surface area contributed by atoms with E-state index in [-0.39, 0.29) is 0 Å². The maximum absolute atomic E-state index is 6.08. The van der Waals surface area contributed by atoms with Crippen LogP contribution in [0, 0.1) is 6.92 Å². The second-order valence-corrected chi connectivity index (χ2v) is 5.91. The van der Waals surface area contributed by atoms with Crippen LogP contribution in [0.15, 0.2) is 0 Å². The van der Waals surface area contributed by atoms with Crippen molar-refractivity contribution in [1.82, 2.24) is 5.32 Å². The van der Waals surface area contributed by atoms with Gasteiger partial charge >= 0.3 is 0 Å². The van der Waals surface area contributed by atoms with Crippen molar-refractivity contribution < 1.29 is 9.47 Å². The lowest BCUT2D eigenvalue weighted by atomic mass is 9.81. The molecule has 0 atom stereocenters. The molecular formula is C16H21NO2. The van der Waals surface area contributed by atoms with Gasteiger partial charge in [0.15, 0.2) is 0 Å². The normalized spacial score (nSPS) is 21.7. The summed E-state index contributed by atoms with van der Waals surface area (Å²) < 4.78 is 12.1. The molecule has 19 heavy (non-hydrogen) atoms. The molecule has 0 radical (unpaired) electrons. The lowest BCUT2D eigenvalue weighted by Gasteiger charge is -2.36. The van der Waals surface area contributed by atoms with Crippen molar-refractivity contribution in [2.24, 2.45) is 0 Å². The summed E-state index contributed by atoms with van der Waals surface area (Å²) in [5.74, 6) is 3.01. The summed E-state index contributed by atoms with van der Waals surface area (Å²) in [6.07, 6.45) is 4.57. The van der Waals surface area contributed by atoms with Crippen molar-refractivity contribution >= 4 is 0 Å². The lowest BCUT2D eigenvalue weighted by molar-refractivity contribution is 0.261. The third-order valence-corrected chi connectivity index (χ3v) is 4.74. The van der Waals surface area contributed by atoms with E-state index in [2.05, 4.69) is 12.2 Å². The topological polar surface area (TPSA) is 30.5 Å². The minimum Gasteiger partial charge on any atom is -0.493 e. The molecule has 0 spiro atoms. The molecule has 4 rings (SSSR count). The Morgan fingerprint density at radius 1 is 0.947 bits per heavy atom. The Kier molecular flexibility index (Phi) is 2.69. The van der Waals surface area contributed by atoms with Gasteiger partial charge in [0.25, 0.3) is 0 Å². The second-order valence-electron chi connectivity index (χ2n) is 5.91. The van der Waals surface area contributed by atoms with E-state index in [9.17, 15) is 0 Å². The number of rotatable bonds is 1. The predicted molar refractivity (Wildman–Crippen MR) is 74.4 cm³/mol. The van der Waals surface area contributed by atoms with Crippen molar-refractivity contribution in [3.05, 3.63) is 22.3 Å². The molecule has 0 aliphatic carbocycles. The lowest BCUT2D eigenvalue weighted by Crippen LogP contribution is -2.41. The third kappa shape index (κ3) is 1.68. The standard InChI is InChI=1S/C16H21NO2/c1-10-12-4-2-7-19-16(12)14(11-8-17-9-11)13-5-3-6-18-15(10)13/h11,17H,2-9H2,1H3. The van der Waals surface area contributed by atoms with Crippen LogP contribution >= 0.6 is 0 Å². The van der Waals surface area contributed by atoms with Crippen LogP contribution in [0.2, 0.25) is 0 Å². The SMILES string of the molecule is Cc1c2c(c(C3CNC3)c3c1OCCC3)OCCC2. The summed E-state index contributed by atoms with van der Waals surface area (Å²) in [4.78, 5) is 0. The molecule has 1 saturated heterocycles. The van der Waals surface area contributed by atoms with Crippen LogP contribution in [0.4, 0.5) is 0 Å². The van der Waals surface area contributed by atoms with Crippen LogP contribution in [0.5, 0.6) is 11.5 Å². The summed E-state index contributed by atoms with van der Waals surface area (Å²) in [6, 6.07) is 0. The van der Waals surface area contributed by atoms with Crippen LogP contribution < -0.4 is 14.8 Å². The number of hydrogen-bond donors (Lipinski definition) is 1. The van der Waals surface area contributed by atoms with Crippen LogP contribution in [0.1, 0.15) is 41.0 Å². The number of ether oxygens (including phenoxy) is 2. The monoisotopic (exact) mass is 259 g/mol. The Morgan fingerprint density at radius 2 is 1.63 bits per heavy atom. The van der Waals surface area contributed by atoms with Crippen molar-refractivity contribution in [2.75, 3.05) is 26.3 Å². The first-order valence-electron chi connectivity index (χ1n) is 7.50. The quantitative estimate of drug-likeness (QED) is 0.839. The Bertz CT molecular complexity index is 483. The van der Waals surface area contributed by atoms with Crippen LogP contribution in [-0.4, -0.2) is 26.3 Å². The zero-order valence-electron chi connectivity index (χ0n) is 11.6. The molecule has 3 nitrogen and oxygen atoms in total. The number of hydrogen-bond acceptors (Lipinski definition) is 3. The Balaban J connectivity index is 1.95. The highest BCUT2D eigenvalue weighted by Gasteiger charge is 2.33. The Labute approximate surface area is 114 Å². The summed E-state index contributed by atoms with van der Waals surface area (Å²) in [5, 5.41) is 3.39. The van der Waals surface area contributed by atoms with Crippen molar-refractivity contribution in [1.29, 1.82) is 0 Å². The highest BCUT2D eigenvalue weighted by atomic mass is 16.5. The molecule has 0 bridgehead atoms. The zero-order valence-corrected chi connectivity index (χ0v) is 11.6. The van der Waals surface area contributed by atoms with Crippen molar-refractivity contribution in [3.8, 4) is 11.5 Å². The maximum atomic E-state index is 6.08.